The molecule has 1 saturated carbocycles. The van der Waals surface area contributed by atoms with Crippen LogP contribution < -0.4 is 5.32 Å². The van der Waals surface area contributed by atoms with Gasteiger partial charge in [0.15, 0.2) is 0 Å². The van der Waals surface area contributed by atoms with Crippen LogP contribution in [-0.2, 0) is 0 Å². The second-order valence-electron chi connectivity index (χ2n) is 5.27. The third kappa shape index (κ3) is 2.14. The van der Waals surface area contributed by atoms with Crippen molar-refractivity contribution >= 4 is 5.69 Å². The van der Waals surface area contributed by atoms with Gasteiger partial charge in [0, 0.05) is 24.1 Å². The summed E-state index contributed by atoms with van der Waals surface area (Å²) >= 11 is 0. The Hall–Kier alpha value is -1.05. The van der Waals surface area contributed by atoms with Crippen molar-refractivity contribution in [1.29, 1.82) is 0 Å². The number of nitrogens with one attached hydrogen (secondary N) is 1. The number of anilines is 1. The van der Waals surface area contributed by atoms with Crippen molar-refractivity contribution in [3.8, 4) is 0 Å². The predicted molar refractivity (Wildman–Crippen MR) is 64.0 cm³/mol. The molecule has 2 heteroatoms. The SMILES string of the molecule is Cc1cnccc1NC1CCCC1(C)C. The van der Waals surface area contributed by atoms with Crippen LogP contribution in [0, 0.1) is 12.3 Å². The molecule has 0 saturated heterocycles. The maximum absolute atomic E-state index is 4.12. The maximum Gasteiger partial charge on any atom is 0.0403 e. The van der Waals surface area contributed by atoms with Crippen LogP contribution in [-0.4, -0.2) is 11.0 Å². The molecule has 1 aromatic heterocycles. The van der Waals surface area contributed by atoms with Gasteiger partial charge in [-0.25, -0.2) is 0 Å². The zero-order valence-electron chi connectivity index (χ0n) is 9.88. The van der Waals surface area contributed by atoms with Gasteiger partial charge in [-0.15, -0.1) is 0 Å². The summed E-state index contributed by atoms with van der Waals surface area (Å²) in [4.78, 5) is 4.12. The first-order chi connectivity index (χ1) is 7.09. The molecule has 1 heterocycles. The minimum absolute atomic E-state index is 0.426. The molecule has 1 N–H and O–H groups in total. The Morgan fingerprint density at radius 1 is 1.47 bits per heavy atom. The second kappa shape index (κ2) is 3.84. The van der Waals surface area contributed by atoms with E-state index in [1.165, 1.54) is 30.5 Å². The van der Waals surface area contributed by atoms with Crippen molar-refractivity contribution in [3.05, 3.63) is 24.0 Å². The molecule has 0 radical (unpaired) electrons. The Morgan fingerprint density at radius 2 is 2.27 bits per heavy atom. The van der Waals surface area contributed by atoms with Gasteiger partial charge in [-0.05, 0) is 36.8 Å². The summed E-state index contributed by atoms with van der Waals surface area (Å²) in [5.74, 6) is 0. The van der Waals surface area contributed by atoms with E-state index < -0.39 is 0 Å². The first-order valence-electron chi connectivity index (χ1n) is 5.77. The molecule has 0 bridgehead atoms. The van der Waals surface area contributed by atoms with Crippen molar-refractivity contribution in [2.24, 2.45) is 5.41 Å². The first-order valence-corrected chi connectivity index (χ1v) is 5.77. The minimum Gasteiger partial charge on any atom is -0.381 e. The number of hydrogen-bond donors (Lipinski definition) is 1. The molecule has 0 spiro atoms. The Bertz CT molecular complexity index is 344. The van der Waals surface area contributed by atoms with Crippen molar-refractivity contribution in [3.63, 3.8) is 0 Å². The lowest BCUT2D eigenvalue weighted by molar-refractivity contribution is 0.350. The number of rotatable bonds is 2. The molecule has 1 atom stereocenters. The van der Waals surface area contributed by atoms with Crippen LogP contribution in [0.1, 0.15) is 38.7 Å². The zero-order valence-corrected chi connectivity index (χ0v) is 9.88. The van der Waals surface area contributed by atoms with Gasteiger partial charge >= 0.3 is 0 Å². The smallest absolute Gasteiger partial charge is 0.0403 e. The Morgan fingerprint density at radius 3 is 2.87 bits per heavy atom. The van der Waals surface area contributed by atoms with E-state index in [0.717, 1.165) is 0 Å². The first kappa shape index (κ1) is 10.5. The van der Waals surface area contributed by atoms with Crippen LogP contribution >= 0.6 is 0 Å². The number of hydrogen-bond acceptors (Lipinski definition) is 2. The molecule has 1 aliphatic rings. The predicted octanol–water partition coefficient (Wildman–Crippen LogP) is 3.38. The molecule has 15 heavy (non-hydrogen) atoms. The third-order valence-electron chi connectivity index (χ3n) is 3.61. The van der Waals surface area contributed by atoms with E-state index >= 15 is 0 Å². The lowest BCUT2D eigenvalue weighted by Crippen LogP contribution is -2.31. The monoisotopic (exact) mass is 204 g/mol. The van der Waals surface area contributed by atoms with E-state index in [1.807, 2.05) is 12.4 Å². The highest BCUT2D eigenvalue weighted by Crippen LogP contribution is 2.39. The van der Waals surface area contributed by atoms with Crippen LogP contribution in [0.15, 0.2) is 18.5 Å². The summed E-state index contributed by atoms with van der Waals surface area (Å²) in [6.07, 6.45) is 7.74. The third-order valence-corrected chi connectivity index (χ3v) is 3.61. The lowest BCUT2D eigenvalue weighted by Gasteiger charge is -2.29. The topological polar surface area (TPSA) is 24.9 Å². The van der Waals surface area contributed by atoms with E-state index in [4.69, 9.17) is 0 Å². The van der Waals surface area contributed by atoms with E-state index in [-0.39, 0.29) is 0 Å². The van der Waals surface area contributed by atoms with Crippen LogP contribution in [0.5, 0.6) is 0 Å². The normalized spacial score (nSPS) is 24.1. The molecule has 1 aromatic rings. The van der Waals surface area contributed by atoms with Crippen LogP contribution in [0.25, 0.3) is 0 Å². The summed E-state index contributed by atoms with van der Waals surface area (Å²) < 4.78 is 0. The fourth-order valence-electron chi connectivity index (χ4n) is 2.42. The van der Waals surface area contributed by atoms with Crippen LogP contribution in [0.3, 0.4) is 0 Å². The number of nitrogens with zero attached hydrogens (tertiary/aromatic N) is 1. The van der Waals surface area contributed by atoms with Gasteiger partial charge in [0.25, 0.3) is 0 Å². The van der Waals surface area contributed by atoms with Crippen molar-refractivity contribution in [2.45, 2.75) is 46.1 Å². The van der Waals surface area contributed by atoms with Gasteiger partial charge in [-0.1, -0.05) is 20.3 Å². The Labute approximate surface area is 92.1 Å². The second-order valence-corrected chi connectivity index (χ2v) is 5.27. The molecule has 2 rings (SSSR count). The fraction of sp³-hybridized carbons (Fsp3) is 0.615. The van der Waals surface area contributed by atoms with Gasteiger partial charge in [0.2, 0.25) is 0 Å². The number of pyridine rings is 1. The average molecular weight is 204 g/mol. The molecule has 1 fully saturated rings. The molecular formula is C13H20N2. The highest BCUT2D eigenvalue weighted by atomic mass is 14.9. The van der Waals surface area contributed by atoms with Crippen molar-refractivity contribution in [2.75, 3.05) is 5.32 Å². The van der Waals surface area contributed by atoms with Crippen LogP contribution in [0.4, 0.5) is 5.69 Å². The maximum atomic E-state index is 4.12. The number of aryl methyl sites for hydroxylation is 1. The van der Waals surface area contributed by atoms with E-state index in [1.54, 1.807) is 0 Å². The fourth-order valence-corrected chi connectivity index (χ4v) is 2.42. The Balaban J connectivity index is 2.12. The van der Waals surface area contributed by atoms with E-state index in [0.29, 0.717) is 11.5 Å². The highest BCUT2D eigenvalue weighted by Gasteiger charge is 2.34. The molecule has 2 nitrogen and oxygen atoms in total. The molecule has 0 aromatic carbocycles. The zero-order chi connectivity index (χ0) is 10.9. The van der Waals surface area contributed by atoms with Crippen molar-refractivity contribution < 1.29 is 0 Å². The quantitative estimate of drug-likeness (QED) is 0.798. The number of aromatic nitrogens is 1. The highest BCUT2D eigenvalue weighted by molar-refractivity contribution is 5.49. The van der Waals surface area contributed by atoms with Gasteiger partial charge in [0.05, 0.1) is 0 Å². The minimum atomic E-state index is 0.426. The van der Waals surface area contributed by atoms with Crippen molar-refractivity contribution in [1.82, 2.24) is 4.98 Å². The molecule has 0 aliphatic heterocycles. The van der Waals surface area contributed by atoms with E-state index in [9.17, 15) is 0 Å². The van der Waals surface area contributed by atoms with Gasteiger partial charge in [0.1, 0.15) is 0 Å². The summed E-state index contributed by atoms with van der Waals surface area (Å²) in [6, 6.07) is 2.68. The van der Waals surface area contributed by atoms with Gasteiger partial charge in [-0.2, -0.15) is 0 Å². The summed E-state index contributed by atoms with van der Waals surface area (Å²) in [5.41, 5.74) is 2.90. The molecule has 1 unspecified atom stereocenters. The largest absolute Gasteiger partial charge is 0.381 e. The summed E-state index contributed by atoms with van der Waals surface area (Å²) in [7, 11) is 0. The lowest BCUT2D eigenvalue weighted by atomic mass is 9.87. The standard InChI is InChI=1S/C13H20N2/c1-10-9-14-8-6-11(10)15-12-5-4-7-13(12,2)3/h6,8-9,12H,4-5,7H2,1-3H3,(H,14,15). The summed E-state index contributed by atoms with van der Waals surface area (Å²) in [6.45, 7) is 6.82. The average Bonchev–Trinajstić information content (AvgIpc) is 2.50. The molecular weight excluding hydrogens is 184 g/mol. The van der Waals surface area contributed by atoms with Gasteiger partial charge in [-0.3, -0.25) is 4.98 Å². The van der Waals surface area contributed by atoms with Crippen LogP contribution in [0.2, 0.25) is 0 Å². The molecule has 1 aliphatic carbocycles. The molecule has 82 valence electrons. The molecule has 0 amide bonds. The van der Waals surface area contributed by atoms with Gasteiger partial charge < -0.3 is 5.32 Å². The van der Waals surface area contributed by atoms with E-state index in [2.05, 4.69) is 37.1 Å². The summed E-state index contributed by atoms with van der Waals surface area (Å²) in [5, 5.41) is 3.66. The Kier molecular flexibility index (Phi) is 2.68.